The number of hydrogen-bond donors (Lipinski definition) is 2. The maximum atomic E-state index is 12.2. The Labute approximate surface area is 130 Å². The van der Waals surface area contributed by atoms with Crippen molar-refractivity contribution in [1.29, 1.82) is 5.26 Å². The first-order chi connectivity index (χ1) is 9.74. The molecule has 0 bridgehead atoms. The lowest BCUT2D eigenvalue weighted by atomic mass is 9.95. The van der Waals surface area contributed by atoms with Gasteiger partial charge >= 0.3 is 0 Å². The molecule has 1 aliphatic heterocycles. The van der Waals surface area contributed by atoms with Gasteiger partial charge in [-0.05, 0) is 19.4 Å². The fourth-order valence-electron chi connectivity index (χ4n) is 2.49. The highest BCUT2D eigenvalue weighted by Crippen LogP contribution is 2.35. The Morgan fingerprint density at radius 1 is 1.43 bits per heavy atom. The summed E-state index contributed by atoms with van der Waals surface area (Å²) in [5.41, 5.74) is 1.37. The number of rotatable bonds is 2. The number of fused-ring (bicyclic) bond motifs is 1. The van der Waals surface area contributed by atoms with Crippen molar-refractivity contribution in [3.63, 3.8) is 0 Å². The van der Waals surface area contributed by atoms with Gasteiger partial charge in [0.1, 0.15) is 17.6 Å². The van der Waals surface area contributed by atoms with Crippen molar-refractivity contribution in [1.82, 2.24) is 0 Å². The second-order valence-electron chi connectivity index (χ2n) is 7.01. The zero-order valence-corrected chi connectivity index (χ0v) is 14.3. The minimum atomic E-state index is -0.452. The molecule has 0 fully saturated rings. The number of nitrogens with one attached hydrogen (secondary N) is 2. The molecule has 0 spiro atoms. The Morgan fingerprint density at radius 2 is 2.10 bits per heavy atom. The maximum absolute atomic E-state index is 12.2. The second kappa shape index (κ2) is 5.78. The summed E-state index contributed by atoms with van der Waals surface area (Å²) < 4.78 is 0. The Bertz CT molecular complexity index is 590. The molecule has 1 aliphatic rings. The van der Waals surface area contributed by atoms with E-state index in [9.17, 15) is 10.1 Å². The minimum absolute atomic E-state index is 0.0364. The number of amides is 1. The van der Waals surface area contributed by atoms with Crippen LogP contribution in [0.5, 0.6) is 0 Å². The summed E-state index contributed by atoms with van der Waals surface area (Å²) in [4.78, 5) is 15.0. The molecule has 1 aromatic rings. The van der Waals surface area contributed by atoms with Gasteiger partial charge in [-0.3, -0.25) is 4.79 Å². The third-order valence-electron chi connectivity index (χ3n) is 4.01. The zero-order valence-electron chi connectivity index (χ0n) is 13.5. The first-order valence-corrected chi connectivity index (χ1v) is 8.26. The van der Waals surface area contributed by atoms with Crippen molar-refractivity contribution in [2.45, 2.75) is 53.6 Å². The van der Waals surface area contributed by atoms with E-state index >= 15 is 0 Å². The highest BCUT2D eigenvalue weighted by atomic mass is 32.1. The lowest BCUT2D eigenvalue weighted by Crippen LogP contribution is -3.14. The van der Waals surface area contributed by atoms with E-state index in [0.29, 0.717) is 11.6 Å². The van der Waals surface area contributed by atoms with Crippen molar-refractivity contribution in [3.05, 3.63) is 16.0 Å². The van der Waals surface area contributed by atoms with Gasteiger partial charge in [-0.1, -0.05) is 20.8 Å². The molecule has 1 atom stereocenters. The van der Waals surface area contributed by atoms with Gasteiger partial charge in [-0.25, -0.2) is 0 Å². The molecule has 1 amide bonds. The molecule has 114 valence electrons. The van der Waals surface area contributed by atoms with Crippen LogP contribution in [0.25, 0.3) is 0 Å². The van der Waals surface area contributed by atoms with Crippen LogP contribution in [-0.4, -0.2) is 18.5 Å². The van der Waals surface area contributed by atoms with Gasteiger partial charge < -0.3 is 10.2 Å². The number of nitrogens with zero attached hydrogens (tertiary/aromatic N) is 1. The van der Waals surface area contributed by atoms with Crippen LogP contribution in [0.15, 0.2) is 0 Å². The van der Waals surface area contributed by atoms with E-state index < -0.39 is 5.41 Å². The number of carbonyl (C=O) groups is 1. The quantitative estimate of drug-likeness (QED) is 0.877. The monoisotopic (exact) mass is 306 g/mol. The lowest BCUT2D eigenvalue weighted by Gasteiger charge is -2.27. The summed E-state index contributed by atoms with van der Waals surface area (Å²) in [5.74, 6) is -0.0364. The summed E-state index contributed by atoms with van der Waals surface area (Å²) >= 11 is 1.58. The fourth-order valence-corrected chi connectivity index (χ4v) is 3.74. The number of hydrogen-bond acceptors (Lipinski definition) is 3. The molecular weight excluding hydrogens is 282 g/mol. The third kappa shape index (κ3) is 3.28. The molecule has 4 nitrogen and oxygen atoms in total. The molecule has 0 saturated carbocycles. The van der Waals surface area contributed by atoms with Gasteiger partial charge in [0.25, 0.3) is 0 Å². The molecular formula is C16H24N3OS+. The topological polar surface area (TPSA) is 57.3 Å². The van der Waals surface area contributed by atoms with Gasteiger partial charge in [0.2, 0.25) is 5.91 Å². The molecule has 2 rings (SSSR count). The van der Waals surface area contributed by atoms with Gasteiger partial charge in [0.15, 0.2) is 0 Å². The number of anilines is 1. The molecule has 21 heavy (non-hydrogen) atoms. The van der Waals surface area contributed by atoms with Gasteiger partial charge in [-0.2, -0.15) is 5.26 Å². The fraction of sp³-hybridized carbons (Fsp3) is 0.625. The molecule has 2 N–H and O–H groups in total. The number of carbonyl (C=O) groups excluding carboxylic acids is 1. The van der Waals surface area contributed by atoms with Crippen molar-refractivity contribution < 1.29 is 9.69 Å². The predicted octanol–water partition coefficient (Wildman–Crippen LogP) is 1.95. The summed E-state index contributed by atoms with van der Waals surface area (Å²) in [6.45, 7) is 12.1. The van der Waals surface area contributed by atoms with Gasteiger partial charge in [0.05, 0.1) is 23.0 Å². The van der Waals surface area contributed by atoms with Crippen LogP contribution in [-0.2, 0) is 17.8 Å². The molecule has 0 radical (unpaired) electrons. The summed E-state index contributed by atoms with van der Waals surface area (Å²) in [6, 6.07) is 2.87. The molecule has 1 unspecified atom stereocenters. The smallest absolute Gasteiger partial charge is 0.230 e. The standard InChI is InChI=1S/C16H23N3OS/c1-10(2)19-7-6-11-12(8-17)14(21-13(11)9-19)18-15(20)16(3,4)5/h10H,6-7,9H2,1-5H3,(H,18,20)/p+1. The van der Waals surface area contributed by atoms with E-state index in [1.54, 1.807) is 16.2 Å². The molecule has 5 heteroatoms. The molecule has 2 heterocycles. The number of nitriles is 1. The zero-order chi connectivity index (χ0) is 15.8. The van der Waals surface area contributed by atoms with Crippen molar-refractivity contribution in [2.75, 3.05) is 11.9 Å². The second-order valence-corrected chi connectivity index (χ2v) is 8.12. The SMILES string of the molecule is CC(C)[NH+]1CCc2c(sc(NC(=O)C(C)(C)C)c2C#N)C1. The van der Waals surface area contributed by atoms with E-state index in [2.05, 4.69) is 25.2 Å². The van der Waals surface area contributed by atoms with Crippen molar-refractivity contribution >= 4 is 22.2 Å². The van der Waals surface area contributed by atoms with Crippen LogP contribution in [0.2, 0.25) is 0 Å². The van der Waals surface area contributed by atoms with Crippen molar-refractivity contribution in [2.24, 2.45) is 5.41 Å². The summed E-state index contributed by atoms with van der Waals surface area (Å²) in [5, 5.41) is 13.1. The van der Waals surface area contributed by atoms with Crippen LogP contribution < -0.4 is 10.2 Å². The van der Waals surface area contributed by atoms with E-state index in [-0.39, 0.29) is 5.91 Å². The highest BCUT2D eigenvalue weighted by molar-refractivity contribution is 7.16. The summed E-state index contributed by atoms with van der Waals surface area (Å²) in [7, 11) is 0. The van der Waals surface area contributed by atoms with E-state index in [1.807, 2.05) is 20.8 Å². The minimum Gasteiger partial charge on any atom is -0.328 e. The maximum Gasteiger partial charge on any atom is 0.230 e. The highest BCUT2D eigenvalue weighted by Gasteiger charge is 2.30. The lowest BCUT2D eigenvalue weighted by molar-refractivity contribution is -0.936. The first kappa shape index (κ1) is 16.0. The third-order valence-corrected chi connectivity index (χ3v) is 5.16. The normalized spacial score (nSPS) is 18.2. The molecule has 0 aromatic carbocycles. The van der Waals surface area contributed by atoms with Crippen molar-refractivity contribution in [3.8, 4) is 6.07 Å². The van der Waals surface area contributed by atoms with Gasteiger partial charge in [0, 0.05) is 11.8 Å². The number of thiophene rings is 1. The van der Waals surface area contributed by atoms with E-state index in [0.717, 1.165) is 30.1 Å². The molecule has 1 aromatic heterocycles. The largest absolute Gasteiger partial charge is 0.328 e. The molecule has 0 aliphatic carbocycles. The van der Waals surface area contributed by atoms with Crippen LogP contribution in [0.3, 0.4) is 0 Å². The Balaban J connectivity index is 2.30. The molecule has 0 saturated heterocycles. The Hall–Kier alpha value is -1.38. The Kier molecular flexibility index (Phi) is 4.40. The van der Waals surface area contributed by atoms with E-state index in [4.69, 9.17) is 0 Å². The van der Waals surface area contributed by atoms with E-state index in [1.165, 1.54) is 4.88 Å². The van der Waals surface area contributed by atoms with Gasteiger partial charge in [-0.15, -0.1) is 11.3 Å². The number of quaternary nitrogens is 1. The Morgan fingerprint density at radius 3 is 2.62 bits per heavy atom. The van der Waals surface area contributed by atoms with Crippen LogP contribution in [0.4, 0.5) is 5.00 Å². The average molecular weight is 306 g/mol. The van der Waals surface area contributed by atoms with Crippen LogP contribution in [0.1, 0.15) is 50.6 Å². The summed E-state index contributed by atoms with van der Waals surface area (Å²) in [6.07, 6.45) is 0.924. The predicted molar refractivity (Wildman–Crippen MR) is 85.5 cm³/mol. The van der Waals surface area contributed by atoms with Crippen LogP contribution in [0, 0.1) is 16.7 Å². The average Bonchev–Trinajstić information content (AvgIpc) is 2.73. The van der Waals surface area contributed by atoms with Crippen LogP contribution >= 0.6 is 11.3 Å². The first-order valence-electron chi connectivity index (χ1n) is 7.44.